The Bertz CT molecular complexity index is 351. The van der Waals surface area contributed by atoms with E-state index in [-0.39, 0.29) is 25.1 Å². The molecule has 1 aromatic heterocycles. The van der Waals surface area contributed by atoms with E-state index in [1.807, 2.05) is 6.20 Å². The van der Waals surface area contributed by atoms with Crippen molar-refractivity contribution >= 4 is 28.9 Å². The van der Waals surface area contributed by atoms with E-state index < -0.39 is 0 Å². The smallest absolute Gasteiger partial charge is 0.180 e. The number of likely N-dealkylation sites (tertiary alicyclic amines) is 1. The van der Waals surface area contributed by atoms with Gasteiger partial charge in [0.05, 0.1) is 19.3 Å². The Balaban J connectivity index is 0.00000162. The van der Waals surface area contributed by atoms with Gasteiger partial charge in [0, 0.05) is 24.2 Å². The quantitative estimate of drug-likeness (QED) is 0.851. The van der Waals surface area contributed by atoms with E-state index in [1.54, 1.807) is 11.3 Å². The van der Waals surface area contributed by atoms with Crippen molar-refractivity contribution in [3.63, 3.8) is 0 Å². The Morgan fingerprint density at radius 2 is 2.44 bits per heavy atom. The van der Waals surface area contributed by atoms with Crippen molar-refractivity contribution in [1.29, 1.82) is 0 Å². The SMILES string of the molecule is Cl.Nc1ncc(CN2CCCC(OCCO)C2)s1. The first kappa shape index (κ1) is 15.7. The predicted molar refractivity (Wildman–Crippen MR) is 75.1 cm³/mol. The number of rotatable bonds is 5. The van der Waals surface area contributed by atoms with Crippen LogP contribution < -0.4 is 5.73 Å². The Kier molecular flexibility index (Phi) is 6.88. The maximum Gasteiger partial charge on any atom is 0.180 e. The highest BCUT2D eigenvalue weighted by Crippen LogP contribution is 2.20. The number of aliphatic hydroxyl groups excluding tert-OH is 1. The molecule has 1 unspecified atom stereocenters. The van der Waals surface area contributed by atoms with Crippen LogP contribution in [-0.2, 0) is 11.3 Å². The number of hydrogen-bond acceptors (Lipinski definition) is 6. The number of hydrogen-bond donors (Lipinski definition) is 2. The fraction of sp³-hybridized carbons (Fsp3) is 0.727. The van der Waals surface area contributed by atoms with Crippen LogP contribution in [0.2, 0.25) is 0 Å². The topological polar surface area (TPSA) is 71.6 Å². The molecule has 0 radical (unpaired) electrons. The number of piperidine rings is 1. The third kappa shape index (κ3) is 4.70. The van der Waals surface area contributed by atoms with Gasteiger partial charge in [0.2, 0.25) is 0 Å². The number of nitrogens with zero attached hydrogens (tertiary/aromatic N) is 2. The van der Waals surface area contributed by atoms with Crippen LogP contribution in [0.15, 0.2) is 6.20 Å². The number of thiazole rings is 1. The minimum atomic E-state index is 0. The lowest BCUT2D eigenvalue weighted by Crippen LogP contribution is -2.39. The van der Waals surface area contributed by atoms with Gasteiger partial charge in [0.15, 0.2) is 5.13 Å². The normalized spacial score (nSPS) is 20.6. The molecule has 104 valence electrons. The Morgan fingerprint density at radius 1 is 1.61 bits per heavy atom. The summed E-state index contributed by atoms with van der Waals surface area (Å²) in [6.07, 6.45) is 4.32. The molecule has 5 nitrogen and oxygen atoms in total. The largest absolute Gasteiger partial charge is 0.394 e. The lowest BCUT2D eigenvalue weighted by molar-refractivity contribution is -0.0161. The molecule has 0 amide bonds. The van der Waals surface area contributed by atoms with E-state index in [1.165, 1.54) is 4.88 Å². The number of anilines is 1. The molecule has 0 bridgehead atoms. The van der Waals surface area contributed by atoms with Gasteiger partial charge < -0.3 is 15.6 Å². The summed E-state index contributed by atoms with van der Waals surface area (Å²) in [7, 11) is 0. The molecular weight excluding hydrogens is 274 g/mol. The number of nitrogen functional groups attached to an aromatic ring is 1. The van der Waals surface area contributed by atoms with Crippen LogP contribution in [0.1, 0.15) is 17.7 Å². The van der Waals surface area contributed by atoms with Crippen molar-refractivity contribution in [3.05, 3.63) is 11.1 Å². The van der Waals surface area contributed by atoms with E-state index in [0.717, 1.165) is 32.5 Å². The molecule has 0 spiro atoms. The van der Waals surface area contributed by atoms with Crippen molar-refractivity contribution in [2.45, 2.75) is 25.5 Å². The summed E-state index contributed by atoms with van der Waals surface area (Å²) in [5.41, 5.74) is 5.61. The van der Waals surface area contributed by atoms with Crippen molar-refractivity contribution in [2.24, 2.45) is 0 Å². The molecule has 1 aliphatic rings. The Labute approximate surface area is 117 Å². The van der Waals surface area contributed by atoms with Crippen LogP contribution in [0.5, 0.6) is 0 Å². The highest BCUT2D eigenvalue weighted by atomic mass is 35.5. The average Bonchev–Trinajstić information content (AvgIpc) is 2.73. The van der Waals surface area contributed by atoms with Gasteiger partial charge in [-0.1, -0.05) is 0 Å². The second kappa shape index (κ2) is 7.91. The first-order valence-corrected chi connectivity index (χ1v) is 6.74. The molecule has 1 aromatic rings. The summed E-state index contributed by atoms with van der Waals surface area (Å²) in [6, 6.07) is 0. The lowest BCUT2D eigenvalue weighted by Gasteiger charge is -2.32. The number of aromatic nitrogens is 1. The van der Waals surface area contributed by atoms with Crippen molar-refractivity contribution in [2.75, 3.05) is 32.0 Å². The number of ether oxygens (including phenoxy) is 1. The molecule has 1 atom stereocenters. The summed E-state index contributed by atoms with van der Waals surface area (Å²) < 4.78 is 5.58. The van der Waals surface area contributed by atoms with Gasteiger partial charge in [-0.3, -0.25) is 4.90 Å². The fourth-order valence-corrected chi connectivity index (χ4v) is 2.85. The molecule has 0 saturated carbocycles. The molecule has 2 rings (SSSR count). The van der Waals surface area contributed by atoms with E-state index in [2.05, 4.69) is 9.88 Å². The van der Waals surface area contributed by atoms with Gasteiger partial charge >= 0.3 is 0 Å². The van der Waals surface area contributed by atoms with Crippen LogP contribution in [0.3, 0.4) is 0 Å². The molecule has 7 heteroatoms. The van der Waals surface area contributed by atoms with Crippen LogP contribution in [0.4, 0.5) is 5.13 Å². The Hall–Kier alpha value is -0.400. The molecule has 18 heavy (non-hydrogen) atoms. The molecule has 0 aromatic carbocycles. The lowest BCUT2D eigenvalue weighted by atomic mass is 10.1. The third-order valence-corrected chi connectivity index (χ3v) is 3.67. The van der Waals surface area contributed by atoms with E-state index >= 15 is 0 Å². The molecule has 1 fully saturated rings. The van der Waals surface area contributed by atoms with Crippen LogP contribution >= 0.6 is 23.7 Å². The Morgan fingerprint density at radius 3 is 3.11 bits per heavy atom. The van der Waals surface area contributed by atoms with Crippen LogP contribution in [0.25, 0.3) is 0 Å². The monoisotopic (exact) mass is 293 g/mol. The molecule has 0 aliphatic carbocycles. The van der Waals surface area contributed by atoms with Crippen molar-refractivity contribution in [1.82, 2.24) is 9.88 Å². The summed E-state index contributed by atoms with van der Waals surface area (Å²) in [4.78, 5) is 7.62. The first-order valence-electron chi connectivity index (χ1n) is 5.93. The zero-order chi connectivity index (χ0) is 12.1. The minimum absolute atomic E-state index is 0. The standard InChI is InChI=1S/C11H19N3O2S.ClH/c12-11-13-6-10(17-11)8-14-3-1-2-9(7-14)16-5-4-15;/h6,9,15H,1-5,7-8H2,(H2,12,13);1H. The molecule has 1 aliphatic heterocycles. The fourth-order valence-electron chi connectivity index (χ4n) is 2.13. The van der Waals surface area contributed by atoms with Gasteiger partial charge in [-0.2, -0.15) is 0 Å². The zero-order valence-electron chi connectivity index (χ0n) is 10.2. The van der Waals surface area contributed by atoms with Gasteiger partial charge in [0.1, 0.15) is 0 Å². The number of nitrogens with two attached hydrogens (primary N) is 1. The van der Waals surface area contributed by atoms with Crippen LogP contribution in [0, 0.1) is 0 Å². The zero-order valence-corrected chi connectivity index (χ0v) is 11.9. The summed E-state index contributed by atoms with van der Waals surface area (Å²) in [5, 5.41) is 9.37. The molecular formula is C11H20ClN3O2S. The summed E-state index contributed by atoms with van der Waals surface area (Å²) in [6.45, 7) is 3.45. The summed E-state index contributed by atoms with van der Waals surface area (Å²) in [5.74, 6) is 0. The average molecular weight is 294 g/mol. The highest BCUT2D eigenvalue weighted by Gasteiger charge is 2.20. The summed E-state index contributed by atoms with van der Waals surface area (Å²) >= 11 is 1.54. The van der Waals surface area contributed by atoms with Gasteiger partial charge in [-0.05, 0) is 19.4 Å². The number of aliphatic hydroxyl groups is 1. The van der Waals surface area contributed by atoms with Crippen molar-refractivity contribution in [3.8, 4) is 0 Å². The van der Waals surface area contributed by atoms with E-state index in [9.17, 15) is 0 Å². The van der Waals surface area contributed by atoms with Gasteiger partial charge in [-0.25, -0.2) is 4.98 Å². The molecule has 2 heterocycles. The van der Waals surface area contributed by atoms with Gasteiger partial charge in [0.25, 0.3) is 0 Å². The van der Waals surface area contributed by atoms with Crippen molar-refractivity contribution < 1.29 is 9.84 Å². The second-order valence-corrected chi connectivity index (χ2v) is 5.41. The second-order valence-electron chi connectivity index (χ2n) is 4.26. The van der Waals surface area contributed by atoms with Gasteiger partial charge in [-0.15, -0.1) is 23.7 Å². The highest BCUT2D eigenvalue weighted by molar-refractivity contribution is 7.15. The maximum absolute atomic E-state index is 8.74. The van der Waals surface area contributed by atoms with E-state index in [0.29, 0.717) is 11.7 Å². The number of halogens is 1. The minimum Gasteiger partial charge on any atom is -0.394 e. The maximum atomic E-state index is 8.74. The predicted octanol–water partition coefficient (Wildman–Crippen LogP) is 1.12. The first-order chi connectivity index (χ1) is 8.28. The van der Waals surface area contributed by atoms with Crippen LogP contribution in [-0.4, -0.2) is 47.4 Å². The molecule has 1 saturated heterocycles. The third-order valence-electron chi connectivity index (χ3n) is 2.86. The molecule has 3 N–H and O–H groups in total. The van der Waals surface area contributed by atoms with E-state index in [4.69, 9.17) is 15.6 Å².